The number of Topliss-reactive ketones (excluding diaryl/α,β-unsaturated/α-hetero) is 1. The minimum Gasteiger partial charge on any atom is -0.342 e. The molecule has 0 aliphatic rings. The number of carbonyl (C=O) groups is 2. The van der Waals surface area contributed by atoms with Crippen molar-refractivity contribution in [2.24, 2.45) is 0 Å². The van der Waals surface area contributed by atoms with Crippen molar-refractivity contribution in [3.05, 3.63) is 96.4 Å². The molecule has 0 spiro atoms. The first-order chi connectivity index (χ1) is 13.2. The molecule has 0 fully saturated rings. The SMILES string of the molecule is O=C(Nc1cccnc1)C(=O)c1cn(Cc2ccccc2)c2ccccc12. The van der Waals surface area contributed by atoms with E-state index in [0.29, 0.717) is 17.8 Å². The largest absolute Gasteiger partial charge is 0.342 e. The summed E-state index contributed by atoms with van der Waals surface area (Å²) in [6.07, 6.45) is 4.86. The van der Waals surface area contributed by atoms with Gasteiger partial charge in [0.1, 0.15) is 0 Å². The van der Waals surface area contributed by atoms with Crippen molar-refractivity contribution in [3.8, 4) is 0 Å². The number of aromatic nitrogens is 2. The number of hydrogen-bond donors (Lipinski definition) is 1. The first-order valence-electron chi connectivity index (χ1n) is 8.60. The highest BCUT2D eigenvalue weighted by atomic mass is 16.2. The van der Waals surface area contributed by atoms with Gasteiger partial charge in [-0.3, -0.25) is 14.6 Å². The second-order valence-electron chi connectivity index (χ2n) is 6.20. The van der Waals surface area contributed by atoms with Crippen LogP contribution in [0.15, 0.2) is 85.3 Å². The molecule has 0 saturated carbocycles. The molecular weight excluding hydrogens is 338 g/mol. The molecule has 0 saturated heterocycles. The Morgan fingerprint density at radius 1 is 0.926 bits per heavy atom. The normalized spacial score (nSPS) is 10.7. The van der Waals surface area contributed by atoms with Gasteiger partial charge >= 0.3 is 0 Å². The lowest BCUT2D eigenvalue weighted by Crippen LogP contribution is -2.22. The predicted octanol–water partition coefficient (Wildman–Crippen LogP) is 3.91. The maximum Gasteiger partial charge on any atom is 0.296 e. The zero-order valence-electron chi connectivity index (χ0n) is 14.5. The van der Waals surface area contributed by atoms with E-state index in [1.807, 2.05) is 59.2 Å². The number of pyridine rings is 1. The van der Waals surface area contributed by atoms with Crippen LogP contribution in [0.3, 0.4) is 0 Å². The molecule has 0 aliphatic heterocycles. The average molecular weight is 355 g/mol. The van der Waals surface area contributed by atoms with Gasteiger partial charge in [-0.25, -0.2) is 0 Å². The van der Waals surface area contributed by atoms with Crippen molar-refractivity contribution >= 4 is 28.3 Å². The van der Waals surface area contributed by atoms with E-state index >= 15 is 0 Å². The number of fused-ring (bicyclic) bond motifs is 1. The number of rotatable bonds is 5. The van der Waals surface area contributed by atoms with Gasteiger partial charge in [-0.2, -0.15) is 0 Å². The molecule has 0 bridgehead atoms. The minimum atomic E-state index is -0.675. The maximum absolute atomic E-state index is 12.8. The Morgan fingerprint density at radius 3 is 2.48 bits per heavy atom. The Labute approximate surface area is 156 Å². The highest BCUT2D eigenvalue weighted by Gasteiger charge is 2.21. The van der Waals surface area contributed by atoms with Crippen LogP contribution in [0.4, 0.5) is 5.69 Å². The number of hydrogen-bond acceptors (Lipinski definition) is 3. The van der Waals surface area contributed by atoms with Crippen LogP contribution in [0.5, 0.6) is 0 Å². The average Bonchev–Trinajstić information content (AvgIpc) is 3.07. The molecule has 132 valence electrons. The lowest BCUT2D eigenvalue weighted by Gasteiger charge is -2.05. The van der Waals surface area contributed by atoms with Gasteiger partial charge in [-0.05, 0) is 23.8 Å². The zero-order chi connectivity index (χ0) is 18.6. The molecule has 4 rings (SSSR count). The van der Waals surface area contributed by atoms with E-state index in [4.69, 9.17) is 0 Å². The molecule has 2 aromatic heterocycles. The number of ketones is 1. The van der Waals surface area contributed by atoms with Crippen LogP contribution in [-0.4, -0.2) is 21.2 Å². The molecular formula is C22H17N3O2. The molecule has 5 nitrogen and oxygen atoms in total. The lowest BCUT2D eigenvalue weighted by atomic mass is 10.1. The first kappa shape index (κ1) is 16.7. The van der Waals surface area contributed by atoms with Crippen molar-refractivity contribution in [2.75, 3.05) is 5.32 Å². The van der Waals surface area contributed by atoms with Crippen molar-refractivity contribution in [3.63, 3.8) is 0 Å². The van der Waals surface area contributed by atoms with E-state index in [2.05, 4.69) is 10.3 Å². The van der Waals surface area contributed by atoms with Crippen molar-refractivity contribution in [1.82, 2.24) is 9.55 Å². The van der Waals surface area contributed by atoms with Gasteiger partial charge in [0.2, 0.25) is 0 Å². The summed E-state index contributed by atoms with van der Waals surface area (Å²) in [5.74, 6) is -1.24. The van der Waals surface area contributed by atoms with E-state index in [0.717, 1.165) is 16.5 Å². The third kappa shape index (κ3) is 3.48. The van der Waals surface area contributed by atoms with Crippen LogP contribution in [0.25, 0.3) is 10.9 Å². The second-order valence-corrected chi connectivity index (χ2v) is 6.20. The van der Waals surface area contributed by atoms with Gasteiger partial charge in [0, 0.05) is 29.8 Å². The minimum absolute atomic E-state index is 0.392. The summed E-state index contributed by atoms with van der Waals surface area (Å²) in [5, 5.41) is 3.37. The van der Waals surface area contributed by atoms with E-state index in [9.17, 15) is 9.59 Å². The van der Waals surface area contributed by atoms with E-state index in [1.54, 1.807) is 24.5 Å². The van der Waals surface area contributed by atoms with Gasteiger partial charge in [0.25, 0.3) is 11.7 Å². The molecule has 0 atom stereocenters. The van der Waals surface area contributed by atoms with E-state index in [1.165, 1.54) is 6.20 Å². The Hall–Kier alpha value is -3.73. The monoisotopic (exact) mass is 355 g/mol. The lowest BCUT2D eigenvalue weighted by molar-refractivity contribution is -0.112. The van der Waals surface area contributed by atoms with Gasteiger partial charge < -0.3 is 9.88 Å². The standard InChI is InChI=1S/C22H17N3O2/c26-21(22(27)24-17-9-6-12-23-13-17)19-15-25(14-16-7-2-1-3-8-16)20-11-5-4-10-18(19)20/h1-13,15H,14H2,(H,24,27). The topological polar surface area (TPSA) is 64.0 Å². The van der Waals surface area contributed by atoms with Gasteiger partial charge in [-0.1, -0.05) is 48.5 Å². The number of benzene rings is 2. The molecule has 1 N–H and O–H groups in total. The summed E-state index contributed by atoms with van der Waals surface area (Å²) in [6, 6.07) is 21.0. The molecule has 1 amide bonds. The molecule has 4 aromatic rings. The summed E-state index contributed by atoms with van der Waals surface area (Å²) >= 11 is 0. The van der Waals surface area contributed by atoms with E-state index < -0.39 is 11.7 Å². The molecule has 0 aliphatic carbocycles. The fourth-order valence-corrected chi connectivity index (χ4v) is 3.09. The van der Waals surface area contributed by atoms with Crippen LogP contribution in [0, 0.1) is 0 Å². The molecule has 0 radical (unpaired) electrons. The number of nitrogens with one attached hydrogen (secondary N) is 1. The predicted molar refractivity (Wildman–Crippen MR) is 105 cm³/mol. The quantitative estimate of drug-likeness (QED) is 0.436. The fraction of sp³-hybridized carbons (Fsp3) is 0.0455. The first-order valence-corrected chi connectivity index (χ1v) is 8.60. The van der Waals surface area contributed by atoms with Gasteiger partial charge in [0.05, 0.1) is 17.4 Å². The van der Waals surface area contributed by atoms with Crippen molar-refractivity contribution in [1.29, 1.82) is 0 Å². The van der Waals surface area contributed by atoms with Crippen LogP contribution in [0.1, 0.15) is 15.9 Å². The molecule has 5 heteroatoms. The number of amides is 1. The maximum atomic E-state index is 12.8. The van der Waals surface area contributed by atoms with Gasteiger partial charge in [-0.15, -0.1) is 0 Å². The number of anilines is 1. The number of carbonyl (C=O) groups excluding carboxylic acids is 2. The highest BCUT2D eigenvalue weighted by molar-refractivity contribution is 6.48. The Kier molecular flexibility index (Phi) is 4.49. The second kappa shape index (κ2) is 7.25. The summed E-state index contributed by atoms with van der Waals surface area (Å²) < 4.78 is 2.00. The molecule has 2 heterocycles. The fourth-order valence-electron chi connectivity index (χ4n) is 3.09. The van der Waals surface area contributed by atoms with Gasteiger partial charge in [0.15, 0.2) is 0 Å². The Balaban J connectivity index is 1.67. The summed E-state index contributed by atoms with van der Waals surface area (Å²) in [4.78, 5) is 29.2. The van der Waals surface area contributed by atoms with Crippen LogP contribution in [-0.2, 0) is 11.3 Å². The Morgan fingerprint density at radius 2 is 1.70 bits per heavy atom. The van der Waals surface area contributed by atoms with Crippen LogP contribution >= 0.6 is 0 Å². The van der Waals surface area contributed by atoms with Crippen molar-refractivity contribution in [2.45, 2.75) is 6.54 Å². The van der Waals surface area contributed by atoms with Crippen molar-refractivity contribution < 1.29 is 9.59 Å². The number of para-hydroxylation sites is 1. The molecule has 27 heavy (non-hydrogen) atoms. The van der Waals surface area contributed by atoms with Crippen LogP contribution in [0.2, 0.25) is 0 Å². The van der Waals surface area contributed by atoms with Crippen LogP contribution < -0.4 is 5.32 Å². The highest BCUT2D eigenvalue weighted by Crippen LogP contribution is 2.23. The molecule has 0 unspecified atom stereocenters. The third-order valence-electron chi connectivity index (χ3n) is 4.35. The smallest absolute Gasteiger partial charge is 0.296 e. The zero-order valence-corrected chi connectivity index (χ0v) is 14.5. The summed E-state index contributed by atoms with van der Waals surface area (Å²) in [6.45, 7) is 0.624. The Bertz CT molecular complexity index is 1100. The molecule has 2 aromatic carbocycles. The summed E-state index contributed by atoms with van der Waals surface area (Å²) in [7, 11) is 0. The number of nitrogens with zero attached hydrogens (tertiary/aromatic N) is 2. The third-order valence-corrected chi connectivity index (χ3v) is 4.35. The summed E-state index contributed by atoms with van der Waals surface area (Å²) in [5.41, 5.74) is 2.92. The van der Waals surface area contributed by atoms with E-state index in [-0.39, 0.29) is 0 Å².